The third-order valence-corrected chi connectivity index (χ3v) is 3.97. The van der Waals surface area contributed by atoms with E-state index in [-0.39, 0.29) is 0 Å². The number of piperidine rings is 1. The third-order valence-electron chi connectivity index (χ3n) is 3.09. The van der Waals surface area contributed by atoms with E-state index in [0.29, 0.717) is 0 Å². The molecule has 2 rings (SSSR count). The maximum Gasteiger partial charge on any atom is 0.0353 e. The number of benzene rings is 1. The van der Waals surface area contributed by atoms with E-state index in [0.717, 1.165) is 6.54 Å². The molecule has 88 valence electrons. The average molecular weight is 283 g/mol. The lowest BCUT2D eigenvalue weighted by Gasteiger charge is -2.27. The number of nitrogens with one attached hydrogen (secondary N) is 1. The van der Waals surface area contributed by atoms with Crippen LogP contribution in [0, 0.1) is 6.92 Å². The van der Waals surface area contributed by atoms with Gasteiger partial charge in [0.1, 0.15) is 0 Å². The van der Waals surface area contributed by atoms with E-state index in [9.17, 15) is 0 Å². The van der Waals surface area contributed by atoms with E-state index in [2.05, 4.69) is 51.5 Å². The van der Waals surface area contributed by atoms with Crippen molar-refractivity contribution in [2.45, 2.75) is 32.7 Å². The quantitative estimate of drug-likeness (QED) is 0.916. The van der Waals surface area contributed by atoms with Crippen LogP contribution in [0.2, 0.25) is 0 Å². The van der Waals surface area contributed by atoms with Gasteiger partial charge in [-0.05, 0) is 37.0 Å². The van der Waals surface area contributed by atoms with Crippen LogP contribution in [0.15, 0.2) is 22.7 Å². The normalized spacial score (nSPS) is 17.6. The van der Waals surface area contributed by atoms with Gasteiger partial charge < -0.3 is 0 Å². The van der Waals surface area contributed by atoms with Gasteiger partial charge in [-0.25, -0.2) is 5.01 Å². The second-order valence-corrected chi connectivity index (χ2v) is 5.32. The first-order valence-electron chi connectivity index (χ1n) is 5.99. The summed E-state index contributed by atoms with van der Waals surface area (Å²) in [6.45, 7) is 5.45. The Hall–Kier alpha value is -0.380. The molecule has 0 unspecified atom stereocenters. The molecular formula is C13H19BrN2. The van der Waals surface area contributed by atoms with Crippen LogP contribution in [0.5, 0.6) is 0 Å². The molecule has 16 heavy (non-hydrogen) atoms. The van der Waals surface area contributed by atoms with Gasteiger partial charge in [0, 0.05) is 24.1 Å². The molecule has 1 aliphatic rings. The molecule has 1 aromatic rings. The Bertz CT molecular complexity index is 346. The van der Waals surface area contributed by atoms with Crippen LogP contribution < -0.4 is 5.43 Å². The lowest BCUT2D eigenvalue weighted by atomic mass is 10.1. The molecule has 0 amide bonds. The number of rotatable bonds is 3. The summed E-state index contributed by atoms with van der Waals surface area (Å²) in [5.41, 5.74) is 6.16. The molecule has 0 saturated carbocycles. The fourth-order valence-electron chi connectivity index (χ4n) is 2.07. The summed E-state index contributed by atoms with van der Waals surface area (Å²) in [6.07, 6.45) is 4.04. The zero-order chi connectivity index (χ0) is 11.4. The van der Waals surface area contributed by atoms with Crippen molar-refractivity contribution in [3.05, 3.63) is 33.8 Å². The van der Waals surface area contributed by atoms with Gasteiger partial charge >= 0.3 is 0 Å². The van der Waals surface area contributed by atoms with Crippen LogP contribution >= 0.6 is 15.9 Å². The molecule has 1 aromatic carbocycles. The Morgan fingerprint density at radius 2 is 2.00 bits per heavy atom. The van der Waals surface area contributed by atoms with Crippen molar-refractivity contribution in [1.82, 2.24) is 10.4 Å². The fourth-order valence-corrected chi connectivity index (χ4v) is 2.32. The van der Waals surface area contributed by atoms with Gasteiger partial charge in [-0.3, -0.25) is 5.43 Å². The molecule has 0 bridgehead atoms. The zero-order valence-electron chi connectivity index (χ0n) is 9.80. The van der Waals surface area contributed by atoms with Crippen LogP contribution in [-0.4, -0.2) is 18.1 Å². The lowest BCUT2D eigenvalue weighted by molar-refractivity contribution is 0.151. The summed E-state index contributed by atoms with van der Waals surface area (Å²) >= 11 is 3.53. The maximum atomic E-state index is 3.53. The van der Waals surface area contributed by atoms with Crippen LogP contribution in [0.4, 0.5) is 0 Å². The molecule has 1 saturated heterocycles. The Kier molecular flexibility index (Phi) is 4.38. The summed E-state index contributed by atoms with van der Waals surface area (Å²) in [4.78, 5) is 0. The van der Waals surface area contributed by atoms with Crippen molar-refractivity contribution in [3.8, 4) is 0 Å². The van der Waals surface area contributed by atoms with Gasteiger partial charge in [-0.15, -0.1) is 0 Å². The smallest absolute Gasteiger partial charge is 0.0353 e. The SMILES string of the molecule is Cc1cc(CNN2CCCCC2)ccc1Br. The molecule has 1 heterocycles. The highest BCUT2D eigenvalue weighted by atomic mass is 79.9. The highest BCUT2D eigenvalue weighted by Gasteiger charge is 2.08. The van der Waals surface area contributed by atoms with E-state index >= 15 is 0 Å². The molecule has 3 heteroatoms. The van der Waals surface area contributed by atoms with E-state index in [1.165, 1.54) is 48.0 Å². The van der Waals surface area contributed by atoms with Gasteiger partial charge in [0.05, 0.1) is 0 Å². The topological polar surface area (TPSA) is 15.3 Å². The van der Waals surface area contributed by atoms with Crippen molar-refractivity contribution in [3.63, 3.8) is 0 Å². The zero-order valence-corrected chi connectivity index (χ0v) is 11.4. The van der Waals surface area contributed by atoms with Crippen molar-refractivity contribution < 1.29 is 0 Å². The standard InChI is InChI=1S/C13H19BrN2/c1-11-9-12(5-6-13(11)14)10-15-16-7-3-2-4-8-16/h5-6,9,15H,2-4,7-8,10H2,1H3. The lowest BCUT2D eigenvalue weighted by Crippen LogP contribution is -2.41. The molecular weight excluding hydrogens is 264 g/mol. The first-order chi connectivity index (χ1) is 7.75. The minimum absolute atomic E-state index is 0.939. The number of hydrogen-bond acceptors (Lipinski definition) is 2. The van der Waals surface area contributed by atoms with E-state index in [1.807, 2.05) is 0 Å². The van der Waals surface area contributed by atoms with E-state index < -0.39 is 0 Å². The Morgan fingerprint density at radius 1 is 1.25 bits per heavy atom. The Morgan fingerprint density at radius 3 is 2.69 bits per heavy atom. The average Bonchev–Trinajstić information content (AvgIpc) is 2.32. The number of nitrogens with zero attached hydrogens (tertiary/aromatic N) is 1. The summed E-state index contributed by atoms with van der Waals surface area (Å²) in [5, 5.41) is 2.35. The molecule has 1 N–H and O–H groups in total. The molecule has 0 aromatic heterocycles. The summed E-state index contributed by atoms with van der Waals surface area (Å²) in [7, 11) is 0. The predicted octanol–water partition coefficient (Wildman–Crippen LogP) is 3.25. The van der Waals surface area contributed by atoms with Gasteiger partial charge in [0.2, 0.25) is 0 Å². The summed E-state index contributed by atoms with van der Waals surface area (Å²) < 4.78 is 1.19. The van der Waals surface area contributed by atoms with Gasteiger partial charge in [-0.2, -0.15) is 0 Å². The number of hydrogen-bond donors (Lipinski definition) is 1. The second-order valence-electron chi connectivity index (χ2n) is 4.47. The summed E-state index contributed by atoms with van der Waals surface area (Å²) in [5.74, 6) is 0. The molecule has 0 radical (unpaired) electrons. The molecule has 0 spiro atoms. The fraction of sp³-hybridized carbons (Fsp3) is 0.538. The molecule has 0 aliphatic carbocycles. The van der Waals surface area contributed by atoms with Gasteiger partial charge in [-0.1, -0.05) is 34.5 Å². The van der Waals surface area contributed by atoms with Gasteiger partial charge in [0.25, 0.3) is 0 Å². The predicted molar refractivity (Wildman–Crippen MR) is 71.1 cm³/mol. The number of halogens is 1. The molecule has 1 aliphatic heterocycles. The van der Waals surface area contributed by atoms with Crippen LogP contribution in [0.3, 0.4) is 0 Å². The minimum atomic E-state index is 0.939. The van der Waals surface area contributed by atoms with Crippen LogP contribution in [0.1, 0.15) is 30.4 Å². The van der Waals surface area contributed by atoms with Crippen molar-refractivity contribution in [2.75, 3.05) is 13.1 Å². The van der Waals surface area contributed by atoms with Crippen LogP contribution in [0.25, 0.3) is 0 Å². The first-order valence-corrected chi connectivity index (χ1v) is 6.78. The van der Waals surface area contributed by atoms with E-state index in [1.54, 1.807) is 0 Å². The number of aryl methyl sites for hydroxylation is 1. The van der Waals surface area contributed by atoms with Gasteiger partial charge in [0.15, 0.2) is 0 Å². The second kappa shape index (κ2) is 5.80. The minimum Gasteiger partial charge on any atom is -0.251 e. The Balaban J connectivity index is 1.86. The monoisotopic (exact) mass is 282 g/mol. The van der Waals surface area contributed by atoms with Crippen molar-refractivity contribution in [1.29, 1.82) is 0 Å². The highest BCUT2D eigenvalue weighted by molar-refractivity contribution is 9.10. The molecule has 0 atom stereocenters. The van der Waals surface area contributed by atoms with Crippen molar-refractivity contribution in [2.24, 2.45) is 0 Å². The molecule has 2 nitrogen and oxygen atoms in total. The highest BCUT2D eigenvalue weighted by Crippen LogP contribution is 2.17. The van der Waals surface area contributed by atoms with E-state index in [4.69, 9.17) is 0 Å². The maximum absolute atomic E-state index is 3.53. The summed E-state index contributed by atoms with van der Waals surface area (Å²) in [6, 6.07) is 6.54. The van der Waals surface area contributed by atoms with Crippen molar-refractivity contribution >= 4 is 15.9 Å². The largest absolute Gasteiger partial charge is 0.251 e. The third kappa shape index (κ3) is 3.30. The van der Waals surface area contributed by atoms with Crippen LogP contribution in [-0.2, 0) is 6.54 Å². The molecule has 1 fully saturated rings. The Labute approximate surface area is 106 Å². The first kappa shape index (κ1) is 12.1. The number of hydrazine groups is 1.